The van der Waals surface area contributed by atoms with Crippen LogP contribution in [0.3, 0.4) is 0 Å². The highest BCUT2D eigenvalue weighted by Crippen LogP contribution is 2.19. The number of hydrogen-bond acceptors (Lipinski definition) is 3. The van der Waals surface area contributed by atoms with Crippen molar-refractivity contribution in [1.82, 2.24) is 20.4 Å². The number of hydrogen-bond donors (Lipinski definition) is 2. The molecule has 0 radical (unpaired) electrons. The van der Waals surface area contributed by atoms with Gasteiger partial charge in [-0.25, -0.2) is 0 Å². The monoisotopic (exact) mass is 477 g/mol. The summed E-state index contributed by atoms with van der Waals surface area (Å²) in [5.41, 5.74) is 1.03. The maximum absolute atomic E-state index is 6.04. The first kappa shape index (κ1) is 21.7. The lowest BCUT2D eigenvalue weighted by atomic mass is 10.1. The summed E-state index contributed by atoms with van der Waals surface area (Å²) in [5, 5.41) is 11.5. The van der Waals surface area contributed by atoms with Gasteiger partial charge in [0.1, 0.15) is 0 Å². The Morgan fingerprint density at radius 3 is 2.84 bits per heavy atom. The maximum atomic E-state index is 6.04. The highest BCUT2D eigenvalue weighted by Gasteiger charge is 2.11. The molecule has 1 aromatic carbocycles. The molecule has 0 bridgehead atoms. The zero-order valence-corrected chi connectivity index (χ0v) is 17.6. The second kappa shape index (κ2) is 12.1. The van der Waals surface area contributed by atoms with Gasteiger partial charge in [-0.05, 0) is 30.2 Å². The van der Waals surface area contributed by atoms with E-state index in [4.69, 9.17) is 16.3 Å². The standard InChI is InChI=1S/C17H24ClN5O.HI/c1-19-17(20-8-4-10-23-11-5-9-22-23)21-13-16(24-2)14-6-3-7-15(18)12-14;/h3,5-7,9,11-12,16H,4,8,10,13H2,1-2H3,(H2,19,20,21);1H. The Bertz CT molecular complexity index is 636. The molecular weight excluding hydrogens is 453 g/mol. The summed E-state index contributed by atoms with van der Waals surface area (Å²) in [6.07, 6.45) is 4.62. The summed E-state index contributed by atoms with van der Waals surface area (Å²) in [7, 11) is 3.44. The van der Waals surface area contributed by atoms with E-state index in [1.807, 2.05) is 41.2 Å². The van der Waals surface area contributed by atoms with Crippen LogP contribution in [0.2, 0.25) is 5.02 Å². The molecule has 1 atom stereocenters. The molecule has 1 unspecified atom stereocenters. The van der Waals surface area contributed by atoms with Crippen LogP contribution in [0.4, 0.5) is 0 Å². The fourth-order valence-corrected chi connectivity index (χ4v) is 2.53. The quantitative estimate of drug-likeness (QED) is 0.265. The normalized spacial score (nSPS) is 12.4. The van der Waals surface area contributed by atoms with Crippen LogP contribution in [-0.2, 0) is 11.3 Å². The molecule has 6 nitrogen and oxygen atoms in total. The second-order valence-corrected chi connectivity index (χ2v) is 5.72. The topological polar surface area (TPSA) is 63.5 Å². The Hall–Kier alpha value is -1.32. The molecule has 138 valence electrons. The van der Waals surface area contributed by atoms with Crippen LogP contribution in [0.15, 0.2) is 47.7 Å². The summed E-state index contributed by atoms with van der Waals surface area (Å²) >= 11 is 6.04. The number of guanidine groups is 1. The van der Waals surface area contributed by atoms with Gasteiger partial charge in [-0.3, -0.25) is 9.67 Å². The Morgan fingerprint density at radius 2 is 2.20 bits per heavy atom. The van der Waals surface area contributed by atoms with E-state index in [1.165, 1.54) is 0 Å². The fraction of sp³-hybridized carbons (Fsp3) is 0.412. The third-order valence-electron chi connectivity index (χ3n) is 3.60. The Labute approximate surface area is 171 Å². The molecule has 8 heteroatoms. The molecular formula is C17H25ClIN5O. The molecule has 1 aromatic heterocycles. The van der Waals surface area contributed by atoms with Crippen LogP contribution in [0, 0.1) is 0 Å². The van der Waals surface area contributed by atoms with Gasteiger partial charge in [0, 0.05) is 51.2 Å². The van der Waals surface area contributed by atoms with Gasteiger partial charge in [-0.2, -0.15) is 5.10 Å². The molecule has 0 fully saturated rings. The second-order valence-electron chi connectivity index (χ2n) is 5.28. The first-order valence-electron chi connectivity index (χ1n) is 7.93. The van der Waals surface area contributed by atoms with Crippen molar-refractivity contribution in [2.75, 3.05) is 27.2 Å². The van der Waals surface area contributed by atoms with E-state index in [2.05, 4.69) is 20.7 Å². The summed E-state index contributed by atoms with van der Waals surface area (Å²) in [6.45, 7) is 2.30. The number of benzene rings is 1. The van der Waals surface area contributed by atoms with Crippen molar-refractivity contribution >= 4 is 41.5 Å². The van der Waals surface area contributed by atoms with E-state index in [0.717, 1.165) is 31.0 Å². The number of aryl methyl sites for hydroxylation is 1. The van der Waals surface area contributed by atoms with Crippen molar-refractivity contribution in [3.63, 3.8) is 0 Å². The molecule has 0 saturated heterocycles. The fourth-order valence-electron chi connectivity index (χ4n) is 2.33. The van der Waals surface area contributed by atoms with Crippen LogP contribution in [0.25, 0.3) is 0 Å². The Morgan fingerprint density at radius 1 is 1.36 bits per heavy atom. The van der Waals surface area contributed by atoms with Crippen molar-refractivity contribution in [2.24, 2.45) is 4.99 Å². The first-order valence-corrected chi connectivity index (χ1v) is 8.31. The van der Waals surface area contributed by atoms with Crippen molar-refractivity contribution in [1.29, 1.82) is 0 Å². The lowest BCUT2D eigenvalue weighted by Crippen LogP contribution is -2.40. The Kier molecular flexibility index (Phi) is 10.5. The van der Waals surface area contributed by atoms with E-state index >= 15 is 0 Å². The molecule has 1 heterocycles. The van der Waals surface area contributed by atoms with Gasteiger partial charge in [0.05, 0.1) is 6.10 Å². The lowest BCUT2D eigenvalue weighted by Gasteiger charge is -2.19. The minimum absolute atomic E-state index is 0. The number of nitrogens with one attached hydrogen (secondary N) is 2. The van der Waals surface area contributed by atoms with Crippen molar-refractivity contribution in [2.45, 2.75) is 19.1 Å². The number of aromatic nitrogens is 2. The van der Waals surface area contributed by atoms with Crippen LogP contribution in [-0.4, -0.2) is 43.0 Å². The van der Waals surface area contributed by atoms with Crippen LogP contribution in [0.1, 0.15) is 18.1 Å². The predicted octanol–water partition coefficient (Wildman–Crippen LogP) is 3.10. The highest BCUT2D eigenvalue weighted by molar-refractivity contribution is 14.0. The van der Waals surface area contributed by atoms with Crippen LogP contribution < -0.4 is 10.6 Å². The van der Waals surface area contributed by atoms with Crippen molar-refractivity contribution in [3.05, 3.63) is 53.3 Å². The lowest BCUT2D eigenvalue weighted by molar-refractivity contribution is 0.106. The largest absolute Gasteiger partial charge is 0.375 e. The number of rotatable bonds is 8. The Balaban J connectivity index is 0.00000312. The number of nitrogens with zero attached hydrogens (tertiary/aromatic N) is 3. The molecule has 2 N–H and O–H groups in total. The number of halogens is 2. The van der Waals surface area contributed by atoms with Gasteiger partial charge in [0.25, 0.3) is 0 Å². The molecule has 0 spiro atoms. The summed E-state index contributed by atoms with van der Waals surface area (Å²) < 4.78 is 7.46. The maximum Gasteiger partial charge on any atom is 0.191 e. The van der Waals surface area contributed by atoms with Gasteiger partial charge in [0.15, 0.2) is 5.96 Å². The van der Waals surface area contributed by atoms with E-state index in [1.54, 1.807) is 20.4 Å². The average Bonchev–Trinajstić information content (AvgIpc) is 3.10. The van der Waals surface area contributed by atoms with E-state index in [-0.39, 0.29) is 30.1 Å². The SMILES string of the molecule is CN=C(NCCCn1cccn1)NCC(OC)c1cccc(Cl)c1.I. The number of ether oxygens (including phenoxy) is 1. The molecule has 0 amide bonds. The molecule has 2 rings (SSSR count). The van der Waals surface area contributed by atoms with Gasteiger partial charge in [-0.15, -0.1) is 24.0 Å². The molecule has 0 saturated carbocycles. The zero-order chi connectivity index (χ0) is 17.2. The van der Waals surface area contributed by atoms with Crippen molar-refractivity contribution in [3.8, 4) is 0 Å². The van der Waals surface area contributed by atoms with Crippen LogP contribution in [0.5, 0.6) is 0 Å². The van der Waals surface area contributed by atoms with E-state index in [9.17, 15) is 0 Å². The van der Waals surface area contributed by atoms with E-state index in [0.29, 0.717) is 11.6 Å². The third kappa shape index (κ3) is 7.62. The number of aliphatic imine (C=N–C) groups is 1. The third-order valence-corrected chi connectivity index (χ3v) is 3.83. The van der Waals surface area contributed by atoms with Gasteiger partial charge in [0.2, 0.25) is 0 Å². The average molecular weight is 478 g/mol. The first-order chi connectivity index (χ1) is 11.7. The summed E-state index contributed by atoms with van der Waals surface area (Å²) in [5.74, 6) is 0.750. The molecule has 0 aliphatic heterocycles. The summed E-state index contributed by atoms with van der Waals surface area (Å²) in [6, 6.07) is 9.62. The minimum Gasteiger partial charge on any atom is -0.375 e. The van der Waals surface area contributed by atoms with E-state index < -0.39 is 0 Å². The molecule has 0 aliphatic carbocycles. The number of methoxy groups -OCH3 is 1. The molecule has 25 heavy (non-hydrogen) atoms. The molecule has 2 aromatic rings. The zero-order valence-electron chi connectivity index (χ0n) is 14.5. The predicted molar refractivity (Wildman–Crippen MR) is 113 cm³/mol. The van der Waals surface area contributed by atoms with Crippen LogP contribution >= 0.6 is 35.6 Å². The smallest absolute Gasteiger partial charge is 0.191 e. The van der Waals surface area contributed by atoms with Gasteiger partial charge >= 0.3 is 0 Å². The minimum atomic E-state index is -0.0914. The highest BCUT2D eigenvalue weighted by atomic mass is 127. The van der Waals surface area contributed by atoms with Gasteiger partial charge < -0.3 is 15.4 Å². The van der Waals surface area contributed by atoms with Crippen molar-refractivity contribution < 1.29 is 4.74 Å². The summed E-state index contributed by atoms with van der Waals surface area (Å²) in [4.78, 5) is 4.23. The molecule has 0 aliphatic rings. The van der Waals surface area contributed by atoms with Gasteiger partial charge in [-0.1, -0.05) is 23.7 Å².